The zero-order chi connectivity index (χ0) is 24.1. The number of hydrogen-bond donors (Lipinski definition) is 2. The van der Waals surface area contributed by atoms with Crippen LogP contribution in [0.2, 0.25) is 0 Å². The second-order valence-corrected chi connectivity index (χ2v) is 8.57. The van der Waals surface area contributed by atoms with E-state index < -0.39 is 5.97 Å². The van der Waals surface area contributed by atoms with Crippen molar-refractivity contribution in [1.29, 1.82) is 0 Å². The number of aromatic nitrogens is 1. The normalized spacial score (nSPS) is 14.8. The summed E-state index contributed by atoms with van der Waals surface area (Å²) in [6, 6.07) is 13.8. The smallest absolute Gasteiger partial charge is 0.305 e. The van der Waals surface area contributed by atoms with Crippen molar-refractivity contribution in [2.24, 2.45) is 0 Å². The molecule has 8 heteroatoms. The van der Waals surface area contributed by atoms with Crippen molar-refractivity contribution in [3.8, 4) is 5.75 Å². The number of benzene rings is 2. The number of halogens is 1. The van der Waals surface area contributed by atoms with Crippen molar-refractivity contribution in [3.63, 3.8) is 0 Å². The number of nitrogens with one attached hydrogen (secondary N) is 1. The summed E-state index contributed by atoms with van der Waals surface area (Å²) in [5.41, 5.74) is 3.00. The number of aliphatic carboxylic acids is 1. The van der Waals surface area contributed by atoms with Crippen LogP contribution in [0.1, 0.15) is 40.9 Å². The number of carbonyl (C=O) groups excluding carboxylic acids is 1. The van der Waals surface area contributed by atoms with Crippen LogP contribution >= 0.6 is 0 Å². The van der Waals surface area contributed by atoms with Crippen molar-refractivity contribution in [2.45, 2.75) is 38.8 Å². The van der Waals surface area contributed by atoms with E-state index in [-0.39, 0.29) is 30.8 Å². The third-order valence-electron chi connectivity index (χ3n) is 5.97. The highest BCUT2D eigenvalue weighted by molar-refractivity contribution is 5.95. The zero-order valence-electron chi connectivity index (χ0n) is 19.1. The number of hydrogen-bond acceptors (Lipinski definition) is 5. The van der Waals surface area contributed by atoms with Crippen molar-refractivity contribution in [2.75, 3.05) is 19.6 Å². The van der Waals surface area contributed by atoms with E-state index in [9.17, 15) is 14.0 Å². The highest BCUT2D eigenvalue weighted by Crippen LogP contribution is 2.29. The van der Waals surface area contributed by atoms with Crippen molar-refractivity contribution < 1.29 is 23.8 Å². The Balaban J connectivity index is 1.37. The molecule has 1 aromatic heterocycles. The lowest BCUT2D eigenvalue weighted by Crippen LogP contribution is -2.38. The molecule has 2 N–H and O–H groups in total. The van der Waals surface area contributed by atoms with E-state index in [4.69, 9.17) is 9.84 Å². The maximum absolute atomic E-state index is 13.8. The summed E-state index contributed by atoms with van der Waals surface area (Å²) in [5, 5.41) is 12.1. The molecular weight excluding hydrogens is 437 g/mol. The standard InChI is InChI=1S/C26H28FN3O4/c1-17-14-24(22-15-19(27)6-7-23(22)29-17)34-20-9-12-30(13-10-20)16-18-4-2-3-5-21(18)26(33)28-11-8-25(31)32/h2-7,14-15,20H,8-13,16H2,1H3,(H,28,33)(H,31,32). The molecule has 0 radical (unpaired) electrons. The van der Waals surface area contributed by atoms with Crippen LogP contribution in [-0.2, 0) is 11.3 Å². The Morgan fingerprint density at radius 2 is 1.94 bits per heavy atom. The van der Waals surface area contributed by atoms with E-state index >= 15 is 0 Å². The number of piperidine rings is 1. The number of likely N-dealkylation sites (tertiary alicyclic amines) is 1. The first kappa shape index (κ1) is 23.6. The van der Waals surface area contributed by atoms with E-state index in [1.807, 2.05) is 25.1 Å². The minimum atomic E-state index is -0.946. The van der Waals surface area contributed by atoms with Crippen LogP contribution in [0.3, 0.4) is 0 Å². The number of ether oxygens (including phenoxy) is 1. The summed E-state index contributed by atoms with van der Waals surface area (Å²) < 4.78 is 20.1. The number of aryl methyl sites for hydroxylation is 1. The number of carbonyl (C=O) groups is 2. The molecule has 0 atom stereocenters. The average Bonchev–Trinajstić information content (AvgIpc) is 2.81. The van der Waals surface area contributed by atoms with Crippen LogP contribution in [0, 0.1) is 12.7 Å². The Kier molecular flexibility index (Phi) is 7.37. The van der Waals surface area contributed by atoms with Crippen LogP contribution in [0.15, 0.2) is 48.5 Å². The van der Waals surface area contributed by atoms with Gasteiger partial charge in [0.05, 0.1) is 11.9 Å². The average molecular weight is 466 g/mol. The Hall–Kier alpha value is -3.52. The molecule has 0 spiro atoms. The number of nitrogens with zero attached hydrogens (tertiary/aromatic N) is 2. The van der Waals surface area contributed by atoms with E-state index in [1.54, 1.807) is 18.2 Å². The molecule has 2 aromatic carbocycles. The van der Waals surface area contributed by atoms with Gasteiger partial charge in [-0.05, 0) is 49.6 Å². The molecule has 0 saturated carbocycles. The molecule has 1 aliphatic rings. The van der Waals surface area contributed by atoms with Gasteiger partial charge in [-0.2, -0.15) is 0 Å². The molecule has 1 saturated heterocycles. The maximum atomic E-state index is 13.8. The van der Waals surface area contributed by atoms with Crippen LogP contribution in [0.5, 0.6) is 5.75 Å². The van der Waals surface area contributed by atoms with Crippen LogP contribution in [-0.4, -0.2) is 52.6 Å². The predicted octanol–water partition coefficient (Wildman–Crippen LogP) is 3.93. The minimum absolute atomic E-state index is 0.0130. The monoisotopic (exact) mass is 465 g/mol. The Morgan fingerprint density at radius 1 is 1.18 bits per heavy atom. The van der Waals surface area contributed by atoms with Gasteiger partial charge in [0.25, 0.3) is 5.91 Å². The molecule has 1 fully saturated rings. The molecule has 1 amide bonds. The van der Waals surface area contributed by atoms with Gasteiger partial charge < -0.3 is 15.2 Å². The number of pyridine rings is 1. The molecule has 2 heterocycles. The summed E-state index contributed by atoms with van der Waals surface area (Å²) in [4.78, 5) is 30.0. The first-order chi connectivity index (χ1) is 16.4. The van der Waals surface area contributed by atoms with Crippen LogP contribution in [0.4, 0.5) is 4.39 Å². The summed E-state index contributed by atoms with van der Waals surface area (Å²) in [5.74, 6) is -0.867. The SMILES string of the molecule is Cc1cc(OC2CCN(Cc3ccccc3C(=O)NCCC(=O)O)CC2)c2cc(F)ccc2n1. The fourth-order valence-corrected chi connectivity index (χ4v) is 4.25. The Morgan fingerprint density at radius 3 is 2.71 bits per heavy atom. The van der Waals surface area contributed by atoms with E-state index in [0.717, 1.165) is 37.2 Å². The van der Waals surface area contributed by atoms with Gasteiger partial charge in [0.15, 0.2) is 0 Å². The fraction of sp³-hybridized carbons (Fsp3) is 0.346. The lowest BCUT2D eigenvalue weighted by atomic mass is 10.0. The van der Waals surface area contributed by atoms with Crippen molar-refractivity contribution >= 4 is 22.8 Å². The van der Waals surface area contributed by atoms with E-state index in [1.165, 1.54) is 12.1 Å². The van der Waals surface area contributed by atoms with Crippen LogP contribution in [0.25, 0.3) is 10.9 Å². The fourth-order valence-electron chi connectivity index (χ4n) is 4.25. The number of carboxylic acid groups (broad SMARTS) is 1. The molecule has 0 aliphatic carbocycles. The molecule has 1 aliphatic heterocycles. The van der Waals surface area contributed by atoms with Gasteiger partial charge in [0.1, 0.15) is 17.7 Å². The maximum Gasteiger partial charge on any atom is 0.305 e. The Labute approximate surface area is 197 Å². The predicted molar refractivity (Wildman–Crippen MR) is 126 cm³/mol. The summed E-state index contributed by atoms with van der Waals surface area (Å²) in [6.45, 7) is 4.22. The van der Waals surface area contributed by atoms with Gasteiger partial charge >= 0.3 is 5.97 Å². The lowest BCUT2D eigenvalue weighted by Gasteiger charge is -2.32. The summed E-state index contributed by atoms with van der Waals surface area (Å²) in [6.07, 6.45) is 1.52. The first-order valence-electron chi connectivity index (χ1n) is 11.4. The molecule has 178 valence electrons. The third-order valence-corrected chi connectivity index (χ3v) is 5.97. The largest absolute Gasteiger partial charge is 0.490 e. The van der Waals surface area contributed by atoms with Gasteiger partial charge in [0, 0.05) is 48.9 Å². The highest BCUT2D eigenvalue weighted by atomic mass is 19.1. The van der Waals surface area contributed by atoms with E-state index in [0.29, 0.717) is 28.8 Å². The second kappa shape index (κ2) is 10.6. The number of fused-ring (bicyclic) bond motifs is 1. The van der Waals surface area contributed by atoms with Crippen LogP contribution < -0.4 is 10.1 Å². The van der Waals surface area contributed by atoms with Gasteiger partial charge in [-0.1, -0.05) is 18.2 Å². The van der Waals surface area contributed by atoms with E-state index in [2.05, 4.69) is 15.2 Å². The second-order valence-electron chi connectivity index (χ2n) is 8.57. The number of rotatable bonds is 8. The number of carboxylic acids is 1. The quantitative estimate of drug-likeness (QED) is 0.524. The van der Waals surface area contributed by atoms with Gasteiger partial charge in [0.2, 0.25) is 0 Å². The number of amides is 1. The Bertz CT molecular complexity index is 1190. The summed E-state index contributed by atoms with van der Waals surface area (Å²) in [7, 11) is 0. The third kappa shape index (κ3) is 5.88. The molecular formula is C26H28FN3O4. The van der Waals surface area contributed by atoms with Crippen molar-refractivity contribution in [3.05, 3.63) is 71.2 Å². The molecule has 0 bridgehead atoms. The van der Waals surface area contributed by atoms with Gasteiger partial charge in [-0.15, -0.1) is 0 Å². The highest BCUT2D eigenvalue weighted by Gasteiger charge is 2.23. The minimum Gasteiger partial charge on any atom is -0.490 e. The van der Waals surface area contributed by atoms with Gasteiger partial charge in [-0.3, -0.25) is 19.5 Å². The summed E-state index contributed by atoms with van der Waals surface area (Å²) >= 11 is 0. The molecule has 0 unspecified atom stereocenters. The molecule has 4 rings (SSSR count). The molecule has 34 heavy (non-hydrogen) atoms. The first-order valence-corrected chi connectivity index (χ1v) is 11.4. The molecule has 3 aromatic rings. The van der Waals surface area contributed by atoms with Crippen molar-refractivity contribution in [1.82, 2.24) is 15.2 Å². The molecule has 7 nitrogen and oxygen atoms in total. The zero-order valence-corrected chi connectivity index (χ0v) is 19.1. The topological polar surface area (TPSA) is 91.8 Å². The van der Waals surface area contributed by atoms with Gasteiger partial charge in [-0.25, -0.2) is 4.39 Å². The lowest BCUT2D eigenvalue weighted by molar-refractivity contribution is -0.136.